The fourth-order valence-electron chi connectivity index (χ4n) is 1.89. The number of allylic oxidation sites excluding steroid dienone is 3. The molecule has 0 spiro atoms. The van der Waals surface area contributed by atoms with E-state index in [2.05, 4.69) is 10.2 Å². The fraction of sp³-hybridized carbons (Fsp3) is 0.300. The largest absolute Gasteiger partial charge is 0.300 e. The molecule has 0 aromatic rings. The van der Waals surface area contributed by atoms with Crippen LogP contribution in [0.25, 0.3) is 0 Å². The summed E-state index contributed by atoms with van der Waals surface area (Å²) in [4.78, 5) is 22.3. The predicted octanol–water partition coefficient (Wildman–Crippen LogP) is 1.78. The third-order valence-corrected chi connectivity index (χ3v) is 2.67. The smallest absolute Gasteiger partial charge is 0.265 e. The van der Waals surface area contributed by atoms with Gasteiger partial charge in [0.15, 0.2) is 0 Å². The first-order valence-corrected chi connectivity index (χ1v) is 4.74. The minimum Gasteiger partial charge on any atom is -0.265 e. The average molecular weight is 219 g/mol. The van der Waals surface area contributed by atoms with Gasteiger partial charge in [0.05, 0.1) is 5.70 Å². The molecule has 2 aliphatic rings. The Kier molecular flexibility index (Phi) is 2.26. The predicted molar refractivity (Wildman–Crippen MR) is 55.2 cm³/mol. The number of hydrogen-bond donors (Lipinski definition) is 0. The van der Waals surface area contributed by atoms with Crippen LogP contribution in [0, 0.1) is 10.1 Å². The monoisotopic (exact) mass is 219 g/mol. The zero-order valence-corrected chi connectivity index (χ0v) is 8.58. The van der Waals surface area contributed by atoms with Gasteiger partial charge in [0.1, 0.15) is 5.57 Å². The van der Waals surface area contributed by atoms with E-state index in [0.29, 0.717) is 5.70 Å². The molecule has 1 aliphatic carbocycles. The highest BCUT2D eigenvalue weighted by molar-refractivity contribution is 5.98. The second-order valence-corrected chi connectivity index (χ2v) is 3.64. The second-order valence-electron chi connectivity index (χ2n) is 3.64. The zero-order chi connectivity index (χ0) is 11.8. The van der Waals surface area contributed by atoms with Crippen LogP contribution in [0.15, 0.2) is 45.8 Å². The maximum atomic E-state index is 11.5. The van der Waals surface area contributed by atoms with Crippen LogP contribution in [0.2, 0.25) is 0 Å². The van der Waals surface area contributed by atoms with Gasteiger partial charge in [-0.25, -0.2) is 0 Å². The molecule has 0 aromatic carbocycles. The van der Waals surface area contributed by atoms with Crippen LogP contribution in [0.4, 0.5) is 0 Å². The first-order valence-electron chi connectivity index (χ1n) is 4.74. The zero-order valence-electron chi connectivity index (χ0n) is 8.58. The summed E-state index contributed by atoms with van der Waals surface area (Å²) in [5, 5.41) is 18.1. The van der Waals surface area contributed by atoms with E-state index in [-0.39, 0.29) is 12.0 Å². The Morgan fingerprint density at radius 1 is 1.44 bits per heavy atom. The first-order chi connectivity index (χ1) is 7.58. The number of nitrogens with zero attached hydrogens (tertiary/aromatic N) is 3. The fourth-order valence-corrected chi connectivity index (χ4v) is 1.89. The maximum Gasteiger partial charge on any atom is 0.300 e. The summed E-state index contributed by atoms with van der Waals surface area (Å²) >= 11 is 0. The maximum absolute atomic E-state index is 11.5. The van der Waals surface area contributed by atoms with Crippen LogP contribution in [-0.2, 0) is 4.79 Å². The molecule has 0 aromatic heterocycles. The number of carbonyl (C=O) groups excluding carboxylic acids is 1. The van der Waals surface area contributed by atoms with E-state index in [1.165, 1.54) is 6.08 Å². The highest BCUT2D eigenvalue weighted by Crippen LogP contribution is 2.35. The van der Waals surface area contributed by atoms with Crippen molar-refractivity contribution >= 4 is 5.91 Å². The lowest BCUT2D eigenvalue weighted by Crippen LogP contribution is -2.41. The van der Waals surface area contributed by atoms with E-state index in [0.717, 1.165) is 0 Å². The summed E-state index contributed by atoms with van der Waals surface area (Å²) in [5.74, 6) is -0.617. The van der Waals surface area contributed by atoms with Gasteiger partial charge in [0, 0.05) is 11.3 Å². The van der Waals surface area contributed by atoms with Gasteiger partial charge < -0.3 is 0 Å². The van der Waals surface area contributed by atoms with E-state index in [1.54, 1.807) is 25.2 Å². The topological polar surface area (TPSA) is 84.9 Å². The number of hydrogen-bond acceptors (Lipinski definition) is 4. The molecule has 1 amide bonds. The van der Waals surface area contributed by atoms with Crippen molar-refractivity contribution in [1.82, 2.24) is 0 Å². The van der Waals surface area contributed by atoms with Crippen molar-refractivity contribution in [2.24, 2.45) is 10.2 Å². The Hall–Kier alpha value is -2.11. The molecule has 0 bridgehead atoms. The molecule has 16 heavy (non-hydrogen) atoms. The van der Waals surface area contributed by atoms with Crippen LogP contribution in [-0.4, -0.2) is 16.4 Å². The molecular weight excluding hydrogens is 210 g/mol. The summed E-state index contributed by atoms with van der Waals surface area (Å²) in [5.41, 5.74) is -1.11. The Bertz CT molecular complexity index is 488. The molecule has 0 saturated carbocycles. The van der Waals surface area contributed by atoms with Crippen molar-refractivity contribution in [1.29, 1.82) is 0 Å². The number of amides is 1. The van der Waals surface area contributed by atoms with Gasteiger partial charge in [0.2, 0.25) is 0 Å². The summed E-state index contributed by atoms with van der Waals surface area (Å²) in [6.07, 6.45) is 6.51. The van der Waals surface area contributed by atoms with Gasteiger partial charge in [-0.15, -0.1) is 5.11 Å². The lowest BCUT2D eigenvalue weighted by molar-refractivity contribution is -0.542. The van der Waals surface area contributed by atoms with Gasteiger partial charge in [-0.2, -0.15) is 5.11 Å². The summed E-state index contributed by atoms with van der Waals surface area (Å²) < 4.78 is 0. The molecule has 6 nitrogen and oxygen atoms in total. The number of nitro groups is 1. The Balaban J connectivity index is 2.55. The average Bonchev–Trinajstić information content (AvgIpc) is 2.60. The SMILES string of the molecule is CC1=C(C2([N+](=O)[O-])C=CC=CC2)C(=O)N=N1. The normalized spacial score (nSPS) is 27.9. The van der Waals surface area contributed by atoms with Crippen LogP contribution in [0.3, 0.4) is 0 Å². The molecular formula is C10H9N3O3. The minimum absolute atomic E-state index is 0.0677. The van der Waals surface area contributed by atoms with Gasteiger partial charge >= 0.3 is 5.91 Å². The Morgan fingerprint density at radius 3 is 2.62 bits per heavy atom. The lowest BCUT2D eigenvalue weighted by atomic mass is 9.83. The van der Waals surface area contributed by atoms with Crippen molar-refractivity contribution in [3.05, 3.63) is 45.7 Å². The molecule has 1 aliphatic heterocycles. The molecule has 0 fully saturated rings. The third kappa shape index (κ3) is 1.30. The van der Waals surface area contributed by atoms with Gasteiger partial charge in [-0.05, 0) is 13.0 Å². The van der Waals surface area contributed by atoms with Crippen molar-refractivity contribution in [2.75, 3.05) is 0 Å². The van der Waals surface area contributed by atoms with E-state index >= 15 is 0 Å². The number of azo groups is 1. The summed E-state index contributed by atoms with van der Waals surface area (Å²) in [6.45, 7) is 1.56. The van der Waals surface area contributed by atoms with Crippen molar-refractivity contribution in [3.63, 3.8) is 0 Å². The lowest BCUT2D eigenvalue weighted by Gasteiger charge is -2.22. The summed E-state index contributed by atoms with van der Waals surface area (Å²) in [6, 6.07) is 0. The van der Waals surface area contributed by atoms with Gasteiger partial charge in [-0.1, -0.05) is 18.2 Å². The van der Waals surface area contributed by atoms with E-state index in [4.69, 9.17) is 0 Å². The van der Waals surface area contributed by atoms with E-state index in [1.807, 2.05) is 0 Å². The summed E-state index contributed by atoms with van der Waals surface area (Å²) in [7, 11) is 0. The molecule has 1 unspecified atom stereocenters. The van der Waals surface area contributed by atoms with Crippen LogP contribution >= 0.6 is 0 Å². The molecule has 82 valence electrons. The third-order valence-electron chi connectivity index (χ3n) is 2.67. The molecule has 1 heterocycles. The van der Waals surface area contributed by atoms with Gasteiger partial charge in [0.25, 0.3) is 5.54 Å². The van der Waals surface area contributed by atoms with Crippen LogP contribution in [0.5, 0.6) is 0 Å². The number of carbonyl (C=O) groups is 1. The second kappa shape index (κ2) is 3.48. The quantitative estimate of drug-likeness (QED) is 0.524. The molecule has 0 radical (unpaired) electrons. The van der Waals surface area contributed by atoms with Gasteiger partial charge in [-0.3, -0.25) is 14.9 Å². The highest BCUT2D eigenvalue weighted by atomic mass is 16.6. The highest BCUT2D eigenvalue weighted by Gasteiger charge is 2.50. The Labute approximate surface area is 91.2 Å². The molecule has 2 rings (SSSR count). The molecule has 0 N–H and O–H groups in total. The van der Waals surface area contributed by atoms with Crippen LogP contribution < -0.4 is 0 Å². The first kappa shape index (κ1) is 10.4. The van der Waals surface area contributed by atoms with Crippen molar-refractivity contribution < 1.29 is 9.72 Å². The molecule has 0 saturated heterocycles. The van der Waals surface area contributed by atoms with Crippen molar-refractivity contribution in [2.45, 2.75) is 18.9 Å². The standard InChI is InChI=1S/C10H9N3O3/c1-7-8(9(14)12-11-7)10(13(15)16)5-3-2-4-6-10/h2-5H,6H2,1H3. The Morgan fingerprint density at radius 2 is 2.19 bits per heavy atom. The minimum atomic E-state index is -1.50. The van der Waals surface area contributed by atoms with E-state index < -0.39 is 16.4 Å². The molecule has 1 atom stereocenters. The molecule has 6 heteroatoms. The van der Waals surface area contributed by atoms with Crippen LogP contribution in [0.1, 0.15) is 13.3 Å². The number of rotatable bonds is 2. The van der Waals surface area contributed by atoms with Crippen molar-refractivity contribution in [3.8, 4) is 0 Å². The van der Waals surface area contributed by atoms with E-state index in [9.17, 15) is 14.9 Å².